The molecule has 1 aliphatic heterocycles. The first-order valence-corrected chi connectivity index (χ1v) is 11.4. The summed E-state index contributed by atoms with van der Waals surface area (Å²) in [6.07, 6.45) is 1.53. The number of hydrogen-bond acceptors (Lipinski definition) is 4. The Morgan fingerprint density at radius 1 is 0.833 bits per heavy atom. The molecule has 30 heavy (non-hydrogen) atoms. The number of rotatable bonds is 5. The van der Waals surface area contributed by atoms with Crippen molar-refractivity contribution in [1.29, 1.82) is 0 Å². The van der Waals surface area contributed by atoms with Crippen molar-refractivity contribution in [2.75, 3.05) is 21.9 Å². The van der Waals surface area contributed by atoms with E-state index in [2.05, 4.69) is 5.32 Å². The fourth-order valence-corrected chi connectivity index (χ4v) is 4.93. The molecule has 1 aliphatic rings. The topological polar surface area (TPSA) is 75.7 Å². The largest absolute Gasteiger partial charge is 0.457 e. The van der Waals surface area contributed by atoms with Crippen molar-refractivity contribution >= 4 is 27.3 Å². The van der Waals surface area contributed by atoms with Gasteiger partial charge in [0.25, 0.3) is 5.91 Å². The third kappa shape index (κ3) is 4.63. The summed E-state index contributed by atoms with van der Waals surface area (Å²) < 4.78 is 31.6. The van der Waals surface area contributed by atoms with Gasteiger partial charge in [0.05, 0.1) is 11.4 Å². The number of para-hydroxylation sites is 1. The highest BCUT2D eigenvalue weighted by molar-refractivity contribution is 7.92. The zero-order valence-electron chi connectivity index (χ0n) is 16.3. The molecule has 1 saturated heterocycles. The third-order valence-corrected chi connectivity index (χ3v) is 6.73. The molecule has 7 heteroatoms. The van der Waals surface area contributed by atoms with Crippen molar-refractivity contribution in [3.63, 3.8) is 0 Å². The van der Waals surface area contributed by atoms with E-state index in [0.717, 1.165) is 12.2 Å². The average Bonchev–Trinajstić information content (AvgIpc) is 2.76. The van der Waals surface area contributed by atoms with Crippen LogP contribution in [0.1, 0.15) is 23.2 Å². The number of ether oxygens (including phenoxy) is 1. The van der Waals surface area contributed by atoms with Crippen molar-refractivity contribution in [1.82, 2.24) is 0 Å². The molecule has 0 atom stereocenters. The van der Waals surface area contributed by atoms with Crippen molar-refractivity contribution in [3.05, 3.63) is 84.4 Å². The van der Waals surface area contributed by atoms with Gasteiger partial charge in [0, 0.05) is 17.8 Å². The molecule has 0 aromatic heterocycles. The Bertz CT molecular complexity index is 1110. The molecule has 0 unspecified atom stereocenters. The van der Waals surface area contributed by atoms with E-state index in [9.17, 15) is 13.2 Å². The van der Waals surface area contributed by atoms with Crippen LogP contribution in [0.3, 0.4) is 0 Å². The second kappa shape index (κ2) is 8.59. The van der Waals surface area contributed by atoms with Gasteiger partial charge in [-0.1, -0.05) is 18.2 Å². The van der Waals surface area contributed by atoms with E-state index in [0.29, 0.717) is 35.7 Å². The molecule has 1 fully saturated rings. The summed E-state index contributed by atoms with van der Waals surface area (Å²) in [7, 11) is -3.26. The van der Waals surface area contributed by atoms with Crippen LogP contribution in [-0.4, -0.2) is 26.6 Å². The highest BCUT2D eigenvalue weighted by Gasteiger charge is 2.26. The van der Waals surface area contributed by atoms with Crippen molar-refractivity contribution in [2.24, 2.45) is 0 Å². The van der Waals surface area contributed by atoms with Crippen molar-refractivity contribution in [2.45, 2.75) is 12.8 Å². The maximum atomic E-state index is 12.5. The van der Waals surface area contributed by atoms with Crippen molar-refractivity contribution in [3.8, 4) is 11.5 Å². The summed E-state index contributed by atoms with van der Waals surface area (Å²) in [5.41, 5.74) is 1.69. The molecule has 1 heterocycles. The Hall–Kier alpha value is -3.32. The first kappa shape index (κ1) is 20.0. The van der Waals surface area contributed by atoms with Crippen LogP contribution < -0.4 is 14.4 Å². The predicted octanol–water partition coefficient (Wildman–Crippen LogP) is 4.66. The smallest absolute Gasteiger partial charge is 0.255 e. The molecular weight excluding hydrogens is 400 g/mol. The highest BCUT2D eigenvalue weighted by Crippen LogP contribution is 2.25. The molecule has 1 amide bonds. The minimum absolute atomic E-state index is 0.166. The first-order chi connectivity index (χ1) is 14.5. The number of carbonyl (C=O) groups excluding carboxylic acids is 1. The number of sulfonamides is 1. The van der Waals surface area contributed by atoms with Crippen LogP contribution in [0.2, 0.25) is 0 Å². The second-order valence-corrected chi connectivity index (χ2v) is 9.05. The van der Waals surface area contributed by atoms with Gasteiger partial charge in [0.1, 0.15) is 11.5 Å². The fourth-order valence-electron chi connectivity index (χ4n) is 3.29. The number of nitrogens with one attached hydrogen (secondary N) is 1. The lowest BCUT2D eigenvalue weighted by atomic mass is 10.2. The number of carbonyl (C=O) groups is 1. The molecule has 3 aromatic rings. The van der Waals surface area contributed by atoms with Gasteiger partial charge in [-0.05, 0) is 73.5 Å². The Kier molecular flexibility index (Phi) is 5.72. The Balaban J connectivity index is 1.40. The summed E-state index contributed by atoms with van der Waals surface area (Å²) >= 11 is 0. The van der Waals surface area contributed by atoms with E-state index in [-0.39, 0.29) is 11.7 Å². The van der Waals surface area contributed by atoms with Crippen LogP contribution in [0.25, 0.3) is 0 Å². The summed E-state index contributed by atoms with van der Waals surface area (Å²) in [6, 6.07) is 23.2. The first-order valence-electron chi connectivity index (χ1n) is 9.76. The molecule has 0 saturated carbocycles. The van der Waals surface area contributed by atoms with E-state index < -0.39 is 10.0 Å². The van der Waals surface area contributed by atoms with Crippen LogP contribution in [0.15, 0.2) is 78.9 Å². The van der Waals surface area contributed by atoms with Gasteiger partial charge in [-0.2, -0.15) is 0 Å². The Morgan fingerprint density at radius 2 is 1.50 bits per heavy atom. The predicted molar refractivity (Wildman–Crippen MR) is 118 cm³/mol. The minimum atomic E-state index is -3.26. The van der Waals surface area contributed by atoms with Gasteiger partial charge in [-0.3, -0.25) is 9.10 Å². The zero-order chi connectivity index (χ0) is 21.0. The molecule has 154 valence electrons. The lowest BCUT2D eigenvalue weighted by Gasteiger charge is -2.28. The Labute approximate surface area is 176 Å². The van der Waals surface area contributed by atoms with Gasteiger partial charge >= 0.3 is 0 Å². The number of benzene rings is 3. The molecule has 6 nitrogen and oxygen atoms in total. The van der Waals surface area contributed by atoms with E-state index >= 15 is 0 Å². The van der Waals surface area contributed by atoms with Gasteiger partial charge < -0.3 is 10.1 Å². The number of hydrogen-bond donors (Lipinski definition) is 1. The maximum Gasteiger partial charge on any atom is 0.255 e. The molecule has 0 aliphatic carbocycles. The van der Waals surface area contributed by atoms with Crippen molar-refractivity contribution < 1.29 is 17.9 Å². The average molecular weight is 423 g/mol. The lowest BCUT2D eigenvalue weighted by molar-refractivity contribution is 0.102. The number of amides is 1. The minimum Gasteiger partial charge on any atom is -0.457 e. The normalized spacial score (nSPS) is 15.4. The summed E-state index contributed by atoms with van der Waals surface area (Å²) in [5.74, 6) is 1.32. The lowest BCUT2D eigenvalue weighted by Crippen LogP contribution is -2.37. The fraction of sp³-hybridized carbons (Fsp3) is 0.174. The second-order valence-electron chi connectivity index (χ2n) is 7.04. The van der Waals surface area contributed by atoms with Gasteiger partial charge in [0.15, 0.2) is 0 Å². The van der Waals surface area contributed by atoms with E-state index in [1.807, 2.05) is 30.3 Å². The quantitative estimate of drug-likeness (QED) is 0.649. The molecule has 0 radical (unpaired) electrons. The van der Waals surface area contributed by atoms with Crippen LogP contribution in [0.4, 0.5) is 11.4 Å². The number of anilines is 2. The van der Waals surface area contributed by atoms with E-state index in [1.54, 1.807) is 48.5 Å². The van der Waals surface area contributed by atoms with Gasteiger partial charge in [-0.25, -0.2) is 8.42 Å². The molecule has 0 bridgehead atoms. The SMILES string of the molecule is O=C(Nc1ccc(Oc2ccccc2)cc1)c1ccc(N2CCCCS2(=O)=O)cc1. The van der Waals surface area contributed by atoms with E-state index in [1.165, 1.54) is 4.31 Å². The summed E-state index contributed by atoms with van der Waals surface area (Å²) in [5, 5.41) is 2.84. The van der Waals surface area contributed by atoms with E-state index in [4.69, 9.17) is 4.74 Å². The maximum absolute atomic E-state index is 12.5. The van der Waals surface area contributed by atoms with Crippen LogP contribution in [-0.2, 0) is 10.0 Å². The molecular formula is C23H22N2O4S. The monoisotopic (exact) mass is 422 g/mol. The molecule has 0 spiro atoms. The van der Waals surface area contributed by atoms with Gasteiger partial charge in [-0.15, -0.1) is 0 Å². The third-order valence-electron chi connectivity index (χ3n) is 4.86. The van der Waals surface area contributed by atoms with Crippen LogP contribution in [0, 0.1) is 0 Å². The highest BCUT2D eigenvalue weighted by atomic mass is 32.2. The summed E-state index contributed by atoms with van der Waals surface area (Å²) in [4.78, 5) is 12.5. The Morgan fingerprint density at radius 3 is 2.17 bits per heavy atom. The molecule has 1 N–H and O–H groups in total. The zero-order valence-corrected chi connectivity index (χ0v) is 17.1. The standard InChI is InChI=1S/C23H22N2O4S/c26-23(18-8-12-20(13-9-18)25-16-4-5-17-30(25,27)28)24-19-10-14-22(15-11-19)29-21-6-2-1-3-7-21/h1-3,6-15H,4-5,16-17H2,(H,24,26). The summed E-state index contributed by atoms with van der Waals surface area (Å²) in [6.45, 7) is 0.477. The molecule has 4 rings (SSSR count). The van der Waals surface area contributed by atoms with Gasteiger partial charge in [0.2, 0.25) is 10.0 Å². The molecule has 3 aromatic carbocycles. The van der Waals surface area contributed by atoms with Crippen LogP contribution in [0.5, 0.6) is 11.5 Å². The number of nitrogens with zero attached hydrogens (tertiary/aromatic N) is 1. The van der Waals surface area contributed by atoms with Crippen LogP contribution >= 0.6 is 0 Å².